The zero-order valence-corrected chi connectivity index (χ0v) is 8.18. The van der Waals surface area contributed by atoms with E-state index in [1.54, 1.807) is 6.20 Å². The predicted octanol–water partition coefficient (Wildman–Crippen LogP) is 2.55. The van der Waals surface area contributed by atoms with Crippen LogP contribution in [0.4, 0.5) is 0 Å². The first-order valence-corrected chi connectivity index (χ1v) is 4.28. The molecule has 1 aromatic heterocycles. The Kier molecular flexibility index (Phi) is 2.88. The molecule has 0 aliphatic carbocycles. The summed E-state index contributed by atoms with van der Waals surface area (Å²) >= 11 is 3.28. The standard InChI is InChI=1S/C8H10BrNO/c1-3-11-7-5-10-8(9)4-6(7)2/h4-5H,3H2,1-2H3. The van der Waals surface area contributed by atoms with Crippen molar-refractivity contribution in [1.82, 2.24) is 4.98 Å². The number of aryl methyl sites for hydroxylation is 1. The Hall–Kier alpha value is -0.570. The summed E-state index contributed by atoms with van der Waals surface area (Å²) in [5.41, 5.74) is 1.11. The molecule has 0 unspecified atom stereocenters. The molecule has 11 heavy (non-hydrogen) atoms. The number of ether oxygens (including phenoxy) is 1. The van der Waals surface area contributed by atoms with Crippen LogP contribution >= 0.6 is 15.9 Å². The van der Waals surface area contributed by atoms with Gasteiger partial charge in [-0.25, -0.2) is 4.98 Å². The van der Waals surface area contributed by atoms with E-state index < -0.39 is 0 Å². The van der Waals surface area contributed by atoms with E-state index in [9.17, 15) is 0 Å². The van der Waals surface area contributed by atoms with E-state index in [4.69, 9.17) is 4.74 Å². The Balaban J connectivity index is 2.90. The van der Waals surface area contributed by atoms with Crippen molar-refractivity contribution in [3.05, 3.63) is 22.4 Å². The van der Waals surface area contributed by atoms with Crippen LogP contribution in [-0.2, 0) is 0 Å². The SMILES string of the molecule is CCOc1cnc(Br)cc1C. The molecule has 0 bridgehead atoms. The summed E-state index contributed by atoms with van der Waals surface area (Å²) in [4.78, 5) is 4.05. The molecule has 0 N–H and O–H groups in total. The van der Waals surface area contributed by atoms with Gasteiger partial charge in [0.2, 0.25) is 0 Å². The average Bonchev–Trinajstić information content (AvgIpc) is 1.95. The van der Waals surface area contributed by atoms with Gasteiger partial charge >= 0.3 is 0 Å². The first kappa shape index (κ1) is 8.53. The van der Waals surface area contributed by atoms with E-state index in [0.717, 1.165) is 15.9 Å². The monoisotopic (exact) mass is 215 g/mol. The highest BCUT2D eigenvalue weighted by atomic mass is 79.9. The van der Waals surface area contributed by atoms with Crippen molar-refractivity contribution in [2.45, 2.75) is 13.8 Å². The van der Waals surface area contributed by atoms with Crippen molar-refractivity contribution < 1.29 is 4.74 Å². The van der Waals surface area contributed by atoms with Crippen molar-refractivity contribution in [2.24, 2.45) is 0 Å². The smallest absolute Gasteiger partial charge is 0.140 e. The second kappa shape index (κ2) is 3.72. The number of nitrogens with zero attached hydrogens (tertiary/aromatic N) is 1. The first-order chi connectivity index (χ1) is 5.24. The van der Waals surface area contributed by atoms with E-state index in [0.29, 0.717) is 6.61 Å². The summed E-state index contributed by atoms with van der Waals surface area (Å²) in [5, 5.41) is 0. The number of hydrogen-bond acceptors (Lipinski definition) is 2. The molecule has 0 aliphatic rings. The summed E-state index contributed by atoms with van der Waals surface area (Å²) < 4.78 is 6.15. The predicted molar refractivity (Wildman–Crippen MR) is 47.8 cm³/mol. The Morgan fingerprint density at radius 1 is 1.64 bits per heavy atom. The van der Waals surface area contributed by atoms with Crippen molar-refractivity contribution in [1.29, 1.82) is 0 Å². The topological polar surface area (TPSA) is 22.1 Å². The van der Waals surface area contributed by atoms with Gasteiger partial charge in [-0.2, -0.15) is 0 Å². The van der Waals surface area contributed by atoms with Gasteiger partial charge in [-0.05, 0) is 41.4 Å². The van der Waals surface area contributed by atoms with Crippen LogP contribution in [0.3, 0.4) is 0 Å². The van der Waals surface area contributed by atoms with Gasteiger partial charge in [0.1, 0.15) is 10.4 Å². The molecule has 0 aromatic carbocycles. The van der Waals surface area contributed by atoms with Gasteiger partial charge in [0.05, 0.1) is 12.8 Å². The molecular weight excluding hydrogens is 206 g/mol. The molecule has 1 heterocycles. The highest BCUT2D eigenvalue weighted by Crippen LogP contribution is 2.18. The summed E-state index contributed by atoms with van der Waals surface area (Å²) in [6.45, 7) is 4.64. The van der Waals surface area contributed by atoms with Crippen LogP contribution in [0.2, 0.25) is 0 Å². The fourth-order valence-corrected chi connectivity index (χ4v) is 1.26. The molecule has 3 heteroatoms. The third-order valence-electron chi connectivity index (χ3n) is 1.33. The molecular formula is C8H10BrNO. The fourth-order valence-electron chi connectivity index (χ4n) is 0.816. The Bertz CT molecular complexity index is 250. The van der Waals surface area contributed by atoms with Gasteiger partial charge in [-0.3, -0.25) is 0 Å². The highest BCUT2D eigenvalue weighted by molar-refractivity contribution is 9.10. The Labute approximate surface area is 74.7 Å². The lowest BCUT2D eigenvalue weighted by atomic mass is 10.3. The molecule has 0 radical (unpaired) electrons. The van der Waals surface area contributed by atoms with Crippen LogP contribution in [0, 0.1) is 6.92 Å². The number of pyridine rings is 1. The Morgan fingerprint density at radius 3 is 2.91 bits per heavy atom. The minimum atomic E-state index is 0.685. The van der Waals surface area contributed by atoms with Crippen LogP contribution < -0.4 is 4.74 Å². The van der Waals surface area contributed by atoms with Crippen molar-refractivity contribution in [3.63, 3.8) is 0 Å². The first-order valence-electron chi connectivity index (χ1n) is 3.49. The Morgan fingerprint density at radius 2 is 2.36 bits per heavy atom. The van der Waals surface area contributed by atoms with Gasteiger partial charge in [0, 0.05) is 0 Å². The molecule has 0 atom stereocenters. The lowest BCUT2D eigenvalue weighted by Gasteiger charge is -2.05. The molecule has 0 spiro atoms. The third kappa shape index (κ3) is 2.19. The molecule has 0 saturated heterocycles. The van der Waals surface area contributed by atoms with E-state index in [1.807, 2.05) is 19.9 Å². The maximum atomic E-state index is 5.31. The molecule has 0 amide bonds. The number of aromatic nitrogens is 1. The lowest BCUT2D eigenvalue weighted by Crippen LogP contribution is -1.94. The maximum Gasteiger partial charge on any atom is 0.140 e. The quantitative estimate of drug-likeness (QED) is 0.708. The highest BCUT2D eigenvalue weighted by Gasteiger charge is 1.98. The van der Waals surface area contributed by atoms with Crippen LogP contribution in [0.25, 0.3) is 0 Å². The van der Waals surface area contributed by atoms with Gasteiger partial charge in [0.25, 0.3) is 0 Å². The van der Waals surface area contributed by atoms with Crippen LogP contribution in [0.5, 0.6) is 5.75 Å². The zero-order valence-electron chi connectivity index (χ0n) is 6.60. The van der Waals surface area contributed by atoms with E-state index in [-0.39, 0.29) is 0 Å². The van der Waals surface area contributed by atoms with Crippen molar-refractivity contribution >= 4 is 15.9 Å². The van der Waals surface area contributed by atoms with Crippen LogP contribution in [0.1, 0.15) is 12.5 Å². The second-order valence-electron chi connectivity index (χ2n) is 2.21. The van der Waals surface area contributed by atoms with Crippen molar-refractivity contribution in [3.8, 4) is 5.75 Å². The van der Waals surface area contributed by atoms with E-state index in [1.165, 1.54) is 0 Å². The molecule has 0 aliphatic heterocycles. The molecule has 2 nitrogen and oxygen atoms in total. The van der Waals surface area contributed by atoms with Gasteiger partial charge in [0.15, 0.2) is 0 Å². The molecule has 0 fully saturated rings. The molecule has 1 aromatic rings. The minimum absolute atomic E-state index is 0.685. The largest absolute Gasteiger partial charge is 0.492 e. The summed E-state index contributed by atoms with van der Waals surface area (Å²) in [7, 11) is 0. The van der Waals surface area contributed by atoms with E-state index >= 15 is 0 Å². The van der Waals surface area contributed by atoms with Crippen LogP contribution in [0.15, 0.2) is 16.9 Å². The number of rotatable bonds is 2. The minimum Gasteiger partial charge on any atom is -0.492 e. The van der Waals surface area contributed by atoms with Crippen LogP contribution in [-0.4, -0.2) is 11.6 Å². The maximum absolute atomic E-state index is 5.31. The fraction of sp³-hybridized carbons (Fsp3) is 0.375. The molecule has 60 valence electrons. The number of hydrogen-bond donors (Lipinski definition) is 0. The molecule has 0 saturated carbocycles. The summed E-state index contributed by atoms with van der Waals surface area (Å²) in [6, 6.07) is 1.94. The average molecular weight is 216 g/mol. The van der Waals surface area contributed by atoms with Gasteiger partial charge in [-0.15, -0.1) is 0 Å². The second-order valence-corrected chi connectivity index (χ2v) is 3.02. The summed E-state index contributed by atoms with van der Waals surface area (Å²) in [5.74, 6) is 0.857. The summed E-state index contributed by atoms with van der Waals surface area (Å²) in [6.07, 6.45) is 1.73. The van der Waals surface area contributed by atoms with Crippen molar-refractivity contribution in [2.75, 3.05) is 6.61 Å². The van der Waals surface area contributed by atoms with Gasteiger partial charge in [-0.1, -0.05) is 0 Å². The zero-order chi connectivity index (χ0) is 8.27. The normalized spacial score (nSPS) is 9.73. The molecule has 1 rings (SSSR count). The van der Waals surface area contributed by atoms with E-state index in [2.05, 4.69) is 20.9 Å². The lowest BCUT2D eigenvalue weighted by molar-refractivity contribution is 0.336. The number of halogens is 1. The third-order valence-corrected chi connectivity index (χ3v) is 1.76. The van der Waals surface area contributed by atoms with Gasteiger partial charge < -0.3 is 4.74 Å².